The number of carbonyl (C=O) groups is 2. The van der Waals surface area contributed by atoms with Crippen LogP contribution in [0.2, 0.25) is 0 Å². The zero-order chi connectivity index (χ0) is 14.7. The number of carbonyl (C=O) groups excluding carboxylic acids is 2. The Morgan fingerprint density at radius 3 is 3.10 bits per heavy atom. The van der Waals surface area contributed by atoms with Gasteiger partial charge in [-0.1, -0.05) is 6.07 Å². The minimum atomic E-state index is -0.415. The van der Waals surface area contributed by atoms with Crippen LogP contribution in [0.25, 0.3) is 0 Å². The van der Waals surface area contributed by atoms with E-state index >= 15 is 0 Å². The van der Waals surface area contributed by atoms with Crippen molar-refractivity contribution in [2.45, 2.75) is 18.9 Å². The Hall–Kier alpha value is -1.99. The van der Waals surface area contributed by atoms with Gasteiger partial charge >= 0.3 is 0 Å². The molecular formula is C14H17N3O4. The molecule has 0 bridgehead atoms. The lowest BCUT2D eigenvalue weighted by atomic mass is 10.1. The summed E-state index contributed by atoms with van der Waals surface area (Å²) in [5, 5.41) is 0. The predicted octanol–water partition coefficient (Wildman–Crippen LogP) is 0.271. The molecule has 2 aliphatic heterocycles. The lowest BCUT2D eigenvalue weighted by Crippen LogP contribution is -2.36. The van der Waals surface area contributed by atoms with Gasteiger partial charge < -0.3 is 4.74 Å². The van der Waals surface area contributed by atoms with Crippen molar-refractivity contribution < 1.29 is 19.2 Å². The van der Waals surface area contributed by atoms with E-state index in [1.54, 1.807) is 18.3 Å². The highest BCUT2D eigenvalue weighted by Gasteiger charge is 2.36. The minimum Gasteiger partial charge on any atom is -0.379 e. The number of hydrogen-bond donors (Lipinski definition) is 1. The average Bonchev–Trinajstić information content (AvgIpc) is 3.15. The summed E-state index contributed by atoms with van der Waals surface area (Å²) in [6.45, 7) is 1.46. The molecular weight excluding hydrogens is 274 g/mol. The fourth-order valence-electron chi connectivity index (χ4n) is 2.45. The number of aromatic nitrogens is 1. The molecule has 3 heterocycles. The number of ether oxygens (including phenoxy) is 1. The summed E-state index contributed by atoms with van der Waals surface area (Å²) in [5.41, 5.74) is 2.44. The van der Waals surface area contributed by atoms with Gasteiger partial charge in [-0.15, -0.1) is 0 Å². The first-order valence-electron chi connectivity index (χ1n) is 6.98. The normalized spacial score (nSPS) is 25.3. The number of hydroxylamine groups is 1. The van der Waals surface area contributed by atoms with Crippen LogP contribution < -0.4 is 10.4 Å². The quantitative estimate of drug-likeness (QED) is 0.805. The summed E-state index contributed by atoms with van der Waals surface area (Å²) in [5.74, 6) is -0.212. The van der Waals surface area contributed by atoms with Gasteiger partial charge in [-0.2, -0.15) is 0 Å². The van der Waals surface area contributed by atoms with E-state index in [1.165, 1.54) is 4.90 Å². The molecule has 112 valence electrons. The first-order chi connectivity index (χ1) is 10.2. The van der Waals surface area contributed by atoms with E-state index in [0.29, 0.717) is 25.6 Å². The number of amides is 2. The molecule has 2 saturated heterocycles. The first kappa shape index (κ1) is 14.0. The molecule has 1 N–H and O–H groups in total. The highest BCUT2D eigenvalue weighted by molar-refractivity contribution is 5.99. The van der Waals surface area contributed by atoms with E-state index in [-0.39, 0.29) is 24.3 Å². The standard InChI is InChI=1S/C14H17N3O4/c18-13-7-10(8-17(13)12-3-1-2-5-15-12)14(19)16-21-11-4-6-20-9-11/h1-3,5,10-11H,4,6-9H2,(H,16,19). The Kier molecular flexibility index (Phi) is 4.12. The highest BCUT2D eigenvalue weighted by Crippen LogP contribution is 2.23. The fraction of sp³-hybridized carbons (Fsp3) is 0.500. The smallest absolute Gasteiger partial charge is 0.248 e. The maximum absolute atomic E-state index is 12.0. The van der Waals surface area contributed by atoms with E-state index in [4.69, 9.17) is 9.57 Å². The Morgan fingerprint density at radius 1 is 1.48 bits per heavy atom. The van der Waals surface area contributed by atoms with Crippen molar-refractivity contribution in [1.82, 2.24) is 10.5 Å². The predicted molar refractivity (Wildman–Crippen MR) is 73.1 cm³/mol. The number of rotatable bonds is 4. The number of pyridine rings is 1. The minimum absolute atomic E-state index is 0.0990. The molecule has 3 rings (SSSR count). The van der Waals surface area contributed by atoms with Crippen molar-refractivity contribution in [3.05, 3.63) is 24.4 Å². The summed E-state index contributed by atoms with van der Waals surface area (Å²) >= 11 is 0. The number of nitrogens with one attached hydrogen (secondary N) is 1. The summed E-state index contributed by atoms with van der Waals surface area (Å²) in [7, 11) is 0. The summed E-state index contributed by atoms with van der Waals surface area (Å²) in [6, 6.07) is 5.35. The highest BCUT2D eigenvalue weighted by atomic mass is 16.7. The van der Waals surface area contributed by atoms with Gasteiger partial charge in [0, 0.05) is 32.2 Å². The molecule has 2 fully saturated rings. The Bertz CT molecular complexity index is 516. The maximum Gasteiger partial charge on any atom is 0.248 e. The summed E-state index contributed by atoms with van der Waals surface area (Å²) in [6.07, 6.45) is 2.47. The topological polar surface area (TPSA) is 80.8 Å². The zero-order valence-electron chi connectivity index (χ0n) is 11.5. The molecule has 0 spiro atoms. The van der Waals surface area contributed by atoms with Crippen LogP contribution in [0, 0.1) is 5.92 Å². The van der Waals surface area contributed by atoms with Crippen LogP contribution in [-0.2, 0) is 19.2 Å². The average molecular weight is 291 g/mol. The molecule has 2 unspecified atom stereocenters. The molecule has 7 heteroatoms. The number of anilines is 1. The van der Waals surface area contributed by atoms with Crippen molar-refractivity contribution in [2.24, 2.45) is 5.92 Å². The SMILES string of the molecule is O=C(NOC1CCOC1)C1CC(=O)N(c2ccccn2)C1. The van der Waals surface area contributed by atoms with Gasteiger partial charge in [0.25, 0.3) is 0 Å². The van der Waals surface area contributed by atoms with E-state index < -0.39 is 5.92 Å². The Balaban J connectivity index is 1.55. The van der Waals surface area contributed by atoms with Gasteiger partial charge in [-0.3, -0.25) is 19.3 Å². The van der Waals surface area contributed by atoms with Crippen LogP contribution in [0.1, 0.15) is 12.8 Å². The second kappa shape index (κ2) is 6.19. The molecule has 7 nitrogen and oxygen atoms in total. The molecule has 2 aliphatic rings. The molecule has 2 atom stereocenters. The Morgan fingerprint density at radius 2 is 2.38 bits per heavy atom. The number of nitrogens with zero attached hydrogens (tertiary/aromatic N) is 2. The van der Waals surface area contributed by atoms with Crippen molar-refractivity contribution >= 4 is 17.6 Å². The second-order valence-corrected chi connectivity index (χ2v) is 5.16. The second-order valence-electron chi connectivity index (χ2n) is 5.16. The lowest BCUT2D eigenvalue weighted by Gasteiger charge is -2.16. The van der Waals surface area contributed by atoms with Gasteiger partial charge in [-0.25, -0.2) is 10.5 Å². The first-order valence-corrected chi connectivity index (χ1v) is 6.98. The molecule has 2 amide bonds. The molecule has 21 heavy (non-hydrogen) atoms. The van der Waals surface area contributed by atoms with Crippen LogP contribution in [0.5, 0.6) is 0 Å². The van der Waals surface area contributed by atoms with Crippen molar-refractivity contribution in [1.29, 1.82) is 0 Å². The van der Waals surface area contributed by atoms with E-state index in [1.807, 2.05) is 6.07 Å². The summed E-state index contributed by atoms with van der Waals surface area (Å²) < 4.78 is 5.16. The molecule has 1 aromatic rings. The van der Waals surface area contributed by atoms with E-state index in [9.17, 15) is 9.59 Å². The van der Waals surface area contributed by atoms with Crippen LogP contribution in [0.3, 0.4) is 0 Å². The Labute approximate surface area is 122 Å². The maximum atomic E-state index is 12.0. The van der Waals surface area contributed by atoms with Gasteiger partial charge in [0.1, 0.15) is 11.9 Å². The van der Waals surface area contributed by atoms with Crippen molar-refractivity contribution in [2.75, 3.05) is 24.7 Å². The van der Waals surface area contributed by atoms with Gasteiger partial charge in [0.15, 0.2) is 0 Å². The summed E-state index contributed by atoms with van der Waals surface area (Å²) in [4.78, 5) is 35.0. The van der Waals surface area contributed by atoms with Crippen LogP contribution in [0.15, 0.2) is 24.4 Å². The molecule has 0 aromatic carbocycles. The third kappa shape index (κ3) is 3.20. The van der Waals surface area contributed by atoms with Crippen LogP contribution in [-0.4, -0.2) is 42.7 Å². The van der Waals surface area contributed by atoms with Gasteiger partial charge in [0.05, 0.1) is 12.5 Å². The number of hydrogen-bond acceptors (Lipinski definition) is 5. The zero-order valence-corrected chi connectivity index (χ0v) is 11.5. The van der Waals surface area contributed by atoms with E-state index in [2.05, 4.69) is 10.5 Å². The third-order valence-corrected chi connectivity index (χ3v) is 3.64. The molecule has 1 aromatic heterocycles. The van der Waals surface area contributed by atoms with Crippen molar-refractivity contribution in [3.63, 3.8) is 0 Å². The third-order valence-electron chi connectivity index (χ3n) is 3.64. The molecule has 0 aliphatic carbocycles. The largest absolute Gasteiger partial charge is 0.379 e. The lowest BCUT2D eigenvalue weighted by molar-refractivity contribution is -0.142. The van der Waals surface area contributed by atoms with E-state index in [0.717, 1.165) is 6.42 Å². The van der Waals surface area contributed by atoms with Gasteiger partial charge in [-0.05, 0) is 12.1 Å². The molecule has 0 saturated carbocycles. The van der Waals surface area contributed by atoms with Crippen molar-refractivity contribution in [3.8, 4) is 0 Å². The monoisotopic (exact) mass is 291 g/mol. The molecule has 0 radical (unpaired) electrons. The van der Waals surface area contributed by atoms with Gasteiger partial charge in [0.2, 0.25) is 11.8 Å². The fourth-order valence-corrected chi connectivity index (χ4v) is 2.45. The van der Waals surface area contributed by atoms with Crippen LogP contribution in [0.4, 0.5) is 5.82 Å². The van der Waals surface area contributed by atoms with Crippen LogP contribution >= 0.6 is 0 Å².